The van der Waals surface area contributed by atoms with Gasteiger partial charge in [0.15, 0.2) is 0 Å². The van der Waals surface area contributed by atoms with Gasteiger partial charge in [-0.2, -0.15) is 0 Å². The van der Waals surface area contributed by atoms with Crippen molar-refractivity contribution in [2.45, 2.75) is 33.1 Å². The number of hydrogen-bond donors (Lipinski definition) is 4. The first-order valence-corrected chi connectivity index (χ1v) is 6.02. The van der Waals surface area contributed by atoms with Crippen LogP contribution in [-0.2, 0) is 6.42 Å². The van der Waals surface area contributed by atoms with E-state index >= 15 is 0 Å². The van der Waals surface area contributed by atoms with Gasteiger partial charge in [-0.1, -0.05) is 20.8 Å². The number of nitrogen functional groups attached to an aromatic ring is 1. The fourth-order valence-corrected chi connectivity index (χ4v) is 2.27. The number of anilines is 3. The molecule has 0 unspecified atom stereocenters. The first kappa shape index (κ1) is 13.5. The average Bonchev–Trinajstić information content (AvgIpc) is 2.28. The molecule has 0 saturated carbocycles. The van der Waals surface area contributed by atoms with E-state index in [0.717, 1.165) is 28.9 Å². The normalized spacial score (nSPS) is 10.7. The molecule has 0 heterocycles. The number of nitrogens with one attached hydrogen (secondary N) is 2. The van der Waals surface area contributed by atoms with Crippen LogP contribution in [0.3, 0.4) is 0 Å². The second-order valence-electron chi connectivity index (χ2n) is 4.41. The number of aromatic hydroxyl groups is 1. The lowest BCUT2D eigenvalue weighted by atomic mass is 9.93. The van der Waals surface area contributed by atoms with Crippen LogP contribution in [-0.4, -0.2) is 19.2 Å². The van der Waals surface area contributed by atoms with E-state index in [1.165, 1.54) is 0 Å². The van der Waals surface area contributed by atoms with Gasteiger partial charge in [0.25, 0.3) is 0 Å². The molecule has 0 aromatic heterocycles. The highest BCUT2D eigenvalue weighted by Gasteiger charge is 2.21. The van der Waals surface area contributed by atoms with E-state index in [9.17, 15) is 5.11 Å². The summed E-state index contributed by atoms with van der Waals surface area (Å²) in [5.41, 5.74) is 10.2. The Bertz CT molecular complexity index is 414. The lowest BCUT2D eigenvalue weighted by Crippen LogP contribution is -2.09. The van der Waals surface area contributed by atoms with Gasteiger partial charge in [-0.3, -0.25) is 0 Å². The van der Waals surface area contributed by atoms with E-state index in [4.69, 9.17) is 5.73 Å². The molecule has 0 saturated heterocycles. The van der Waals surface area contributed by atoms with Gasteiger partial charge < -0.3 is 21.5 Å². The molecule has 17 heavy (non-hydrogen) atoms. The molecule has 4 nitrogen and oxygen atoms in total. The summed E-state index contributed by atoms with van der Waals surface area (Å²) in [5, 5.41) is 16.6. The van der Waals surface area contributed by atoms with Crippen molar-refractivity contribution in [3.05, 3.63) is 11.1 Å². The van der Waals surface area contributed by atoms with Crippen molar-refractivity contribution in [3.8, 4) is 5.75 Å². The molecular weight excluding hydrogens is 214 g/mol. The molecule has 4 heteroatoms. The molecule has 0 bridgehead atoms. The topological polar surface area (TPSA) is 70.3 Å². The molecule has 0 spiro atoms. The van der Waals surface area contributed by atoms with Gasteiger partial charge in [0, 0.05) is 25.2 Å². The zero-order chi connectivity index (χ0) is 13.2. The molecule has 0 aliphatic carbocycles. The minimum atomic E-state index is 0.232. The van der Waals surface area contributed by atoms with E-state index in [1.807, 2.05) is 21.0 Å². The monoisotopic (exact) mass is 237 g/mol. The molecule has 0 atom stereocenters. The SMILES string of the molecule is CCc1c(N)c(NC)c(NC)c(C(C)C)c1O. The Labute approximate surface area is 103 Å². The van der Waals surface area contributed by atoms with Crippen LogP contribution in [0, 0.1) is 0 Å². The predicted octanol–water partition coefficient (Wildman–Crippen LogP) is 2.74. The lowest BCUT2D eigenvalue weighted by molar-refractivity contribution is 0.459. The van der Waals surface area contributed by atoms with Gasteiger partial charge in [-0.25, -0.2) is 0 Å². The lowest BCUT2D eigenvalue weighted by Gasteiger charge is -2.23. The number of phenols is 1. The van der Waals surface area contributed by atoms with Crippen LogP contribution in [0.4, 0.5) is 17.1 Å². The fraction of sp³-hybridized carbons (Fsp3) is 0.538. The number of phenolic OH excluding ortho intramolecular Hbond substituents is 1. The zero-order valence-corrected chi connectivity index (χ0v) is 11.3. The first-order valence-electron chi connectivity index (χ1n) is 6.02. The molecule has 0 aliphatic heterocycles. The molecule has 0 aliphatic rings. The third-order valence-corrected chi connectivity index (χ3v) is 3.09. The molecule has 96 valence electrons. The number of nitrogens with two attached hydrogens (primary N) is 1. The van der Waals surface area contributed by atoms with Gasteiger partial charge in [0.2, 0.25) is 0 Å². The van der Waals surface area contributed by atoms with E-state index in [0.29, 0.717) is 11.4 Å². The van der Waals surface area contributed by atoms with E-state index in [1.54, 1.807) is 0 Å². The standard InChI is InChI=1S/C13H23N3O/c1-6-8-10(14)12(16-5)11(15-4)9(7(2)3)13(8)17/h7,15-17H,6,14H2,1-5H3. The Morgan fingerprint density at radius 3 is 2.06 bits per heavy atom. The zero-order valence-electron chi connectivity index (χ0n) is 11.3. The van der Waals surface area contributed by atoms with Crippen LogP contribution in [0.15, 0.2) is 0 Å². The Kier molecular flexibility index (Phi) is 4.10. The van der Waals surface area contributed by atoms with Crippen molar-refractivity contribution < 1.29 is 5.11 Å². The van der Waals surface area contributed by atoms with Crippen LogP contribution >= 0.6 is 0 Å². The van der Waals surface area contributed by atoms with Crippen LogP contribution in [0.5, 0.6) is 5.75 Å². The molecule has 1 aromatic rings. The highest BCUT2D eigenvalue weighted by Crippen LogP contribution is 2.45. The Morgan fingerprint density at radius 2 is 1.71 bits per heavy atom. The minimum Gasteiger partial charge on any atom is -0.507 e. The minimum absolute atomic E-state index is 0.232. The summed E-state index contributed by atoms with van der Waals surface area (Å²) in [5.74, 6) is 0.554. The average molecular weight is 237 g/mol. The molecule has 5 N–H and O–H groups in total. The van der Waals surface area contributed by atoms with E-state index in [2.05, 4.69) is 24.5 Å². The molecule has 1 rings (SSSR count). The van der Waals surface area contributed by atoms with Crippen molar-refractivity contribution in [2.24, 2.45) is 0 Å². The quantitative estimate of drug-likeness (QED) is 0.480. The second kappa shape index (κ2) is 5.17. The third-order valence-electron chi connectivity index (χ3n) is 3.09. The summed E-state index contributed by atoms with van der Waals surface area (Å²) >= 11 is 0. The smallest absolute Gasteiger partial charge is 0.126 e. The Morgan fingerprint density at radius 1 is 1.18 bits per heavy atom. The van der Waals surface area contributed by atoms with Crippen LogP contribution in [0.1, 0.15) is 37.8 Å². The summed E-state index contributed by atoms with van der Waals surface area (Å²) in [6.07, 6.45) is 0.718. The van der Waals surface area contributed by atoms with Crippen molar-refractivity contribution >= 4 is 17.1 Å². The van der Waals surface area contributed by atoms with Gasteiger partial charge in [-0.15, -0.1) is 0 Å². The van der Waals surface area contributed by atoms with Gasteiger partial charge >= 0.3 is 0 Å². The predicted molar refractivity (Wildman–Crippen MR) is 75.1 cm³/mol. The first-order chi connectivity index (χ1) is 7.99. The maximum atomic E-state index is 10.3. The molecule has 1 aromatic carbocycles. The van der Waals surface area contributed by atoms with Crippen molar-refractivity contribution in [2.75, 3.05) is 30.5 Å². The number of benzene rings is 1. The maximum Gasteiger partial charge on any atom is 0.126 e. The van der Waals surface area contributed by atoms with Crippen LogP contribution in [0.25, 0.3) is 0 Å². The van der Waals surface area contributed by atoms with Crippen molar-refractivity contribution in [3.63, 3.8) is 0 Å². The maximum absolute atomic E-state index is 10.3. The summed E-state index contributed by atoms with van der Waals surface area (Å²) in [7, 11) is 3.68. The van der Waals surface area contributed by atoms with Crippen LogP contribution < -0.4 is 16.4 Å². The van der Waals surface area contributed by atoms with E-state index in [-0.39, 0.29) is 5.92 Å². The number of rotatable bonds is 4. The molecular formula is C13H23N3O. The summed E-state index contributed by atoms with van der Waals surface area (Å²) in [4.78, 5) is 0. The fourth-order valence-electron chi connectivity index (χ4n) is 2.27. The van der Waals surface area contributed by atoms with Gasteiger partial charge in [-0.05, 0) is 12.3 Å². The molecule has 0 amide bonds. The second-order valence-corrected chi connectivity index (χ2v) is 4.41. The molecule has 0 radical (unpaired) electrons. The largest absolute Gasteiger partial charge is 0.507 e. The Hall–Kier alpha value is -1.58. The highest BCUT2D eigenvalue weighted by atomic mass is 16.3. The summed E-state index contributed by atoms with van der Waals surface area (Å²) < 4.78 is 0. The van der Waals surface area contributed by atoms with Crippen molar-refractivity contribution in [1.29, 1.82) is 0 Å². The summed E-state index contributed by atoms with van der Waals surface area (Å²) in [6, 6.07) is 0. The summed E-state index contributed by atoms with van der Waals surface area (Å²) in [6.45, 7) is 6.12. The Balaban J connectivity index is 3.68. The molecule has 0 fully saturated rings. The van der Waals surface area contributed by atoms with Crippen molar-refractivity contribution in [1.82, 2.24) is 0 Å². The third kappa shape index (κ3) is 2.12. The highest BCUT2D eigenvalue weighted by molar-refractivity contribution is 5.89. The van der Waals surface area contributed by atoms with Gasteiger partial charge in [0.1, 0.15) is 5.75 Å². The van der Waals surface area contributed by atoms with Crippen LogP contribution in [0.2, 0.25) is 0 Å². The van der Waals surface area contributed by atoms with Gasteiger partial charge in [0.05, 0.1) is 17.1 Å². The van der Waals surface area contributed by atoms with E-state index < -0.39 is 0 Å². The number of hydrogen-bond acceptors (Lipinski definition) is 4.